The molecule has 0 saturated heterocycles. The van der Waals surface area contributed by atoms with E-state index in [1.54, 1.807) is 38.7 Å². The molecule has 0 bridgehead atoms. The Hall–Kier alpha value is -6.13. The van der Waals surface area contributed by atoms with Crippen LogP contribution in [0.2, 0.25) is 0 Å². The van der Waals surface area contributed by atoms with Crippen molar-refractivity contribution in [3.63, 3.8) is 0 Å². The van der Waals surface area contributed by atoms with Gasteiger partial charge in [-0.15, -0.1) is 0 Å². The molecule has 0 radical (unpaired) electrons. The molecule has 16 nitrogen and oxygen atoms in total. The normalized spacial score (nSPS) is 21.3. The number of rotatable bonds is 23. The summed E-state index contributed by atoms with van der Waals surface area (Å²) in [4.78, 5) is 70.1. The molecule has 410 valence electrons. The van der Waals surface area contributed by atoms with Crippen molar-refractivity contribution in [2.45, 2.75) is 215 Å². The monoisotopic (exact) mass is 1040 g/mol. The maximum Gasteiger partial charge on any atom is 0.412 e. The van der Waals surface area contributed by atoms with Gasteiger partial charge in [0.25, 0.3) is 18.3 Å². The van der Waals surface area contributed by atoms with E-state index >= 15 is 0 Å². The minimum atomic E-state index is -1.05. The predicted molar refractivity (Wildman–Crippen MR) is 287 cm³/mol. The van der Waals surface area contributed by atoms with Crippen LogP contribution < -0.4 is 29.6 Å². The van der Waals surface area contributed by atoms with Crippen LogP contribution in [0.25, 0.3) is 0 Å². The molecule has 4 aliphatic heterocycles. The molecule has 0 aromatic heterocycles. The van der Waals surface area contributed by atoms with Gasteiger partial charge in [0.05, 0.1) is 36.4 Å². The molecule has 0 aliphatic carbocycles. The summed E-state index contributed by atoms with van der Waals surface area (Å²) >= 11 is 0. The Morgan fingerprint density at radius 2 is 1.15 bits per heavy atom. The molecule has 2 aromatic rings. The topological polar surface area (TPSA) is 202 Å². The summed E-state index contributed by atoms with van der Waals surface area (Å²) in [5.41, 5.74) is 5.58. The van der Waals surface area contributed by atoms with Crippen molar-refractivity contribution >= 4 is 30.5 Å². The number of aliphatic hydroxyl groups excluding tert-OH is 2. The lowest BCUT2D eigenvalue weighted by Gasteiger charge is -2.41. The van der Waals surface area contributed by atoms with Crippen LogP contribution in [-0.2, 0) is 35.5 Å². The Bertz CT molecular complexity index is 2590. The largest absolute Gasteiger partial charge is 0.484 e. The lowest BCUT2D eigenvalue weighted by molar-refractivity contribution is -0.141. The van der Waals surface area contributed by atoms with E-state index in [0.717, 1.165) is 25.7 Å². The molecule has 4 N–H and O–H groups in total. The van der Waals surface area contributed by atoms with Crippen LogP contribution in [0.15, 0.2) is 58.7 Å². The quantitative estimate of drug-likeness (QED) is 0.0607. The maximum atomic E-state index is 14.5. The fraction of sp³-hybridized carbons (Fsp3) is 0.576. The number of allylic oxidation sites excluding steroid dienone is 8. The number of carbonyl (C=O) groups is 5. The van der Waals surface area contributed by atoms with Crippen LogP contribution in [0.4, 0.5) is 9.59 Å². The van der Waals surface area contributed by atoms with E-state index < -0.39 is 47.7 Å². The van der Waals surface area contributed by atoms with Crippen molar-refractivity contribution < 1.29 is 57.9 Å². The van der Waals surface area contributed by atoms with Crippen molar-refractivity contribution in [3.05, 3.63) is 92.1 Å². The summed E-state index contributed by atoms with van der Waals surface area (Å²) in [6.07, 6.45) is 11.1. The second kappa shape index (κ2) is 25.1. The summed E-state index contributed by atoms with van der Waals surface area (Å²) in [5, 5.41) is 28.7. The maximum absolute atomic E-state index is 14.5. The standard InChI is InChI=1S/C59H82N4O12/c1-35(2)18-13-20-39(9)22-15-25-58(11)49(65)30-43-47(72-56(69)60-37(5)6)28-41-45(52(43)74-58)32-62(54(41)67)27-17-24-51(71-34-64)63-33-46-42(55(63)68)29-48(73-57(70)61-38(7)8)44-31-50(66)59(12,75-53(44)46)26-16-23-40(10)21-14-19-36(3)4/h18-19,22-23,28-29,34,37-38,49-51,65-66H,13-17,20-21,24-27,30-33H2,1-12H3,(H,60,69)(H,61,70)/b39-22+,40-23+/t49-,50-,51?,58+,59+/m0/s1. The number of nitrogens with one attached hydrogen (secondary N) is 2. The third-order valence-corrected chi connectivity index (χ3v) is 14.6. The highest BCUT2D eigenvalue weighted by molar-refractivity contribution is 6.01. The zero-order valence-electron chi connectivity index (χ0n) is 46.4. The molecule has 75 heavy (non-hydrogen) atoms. The third-order valence-electron chi connectivity index (χ3n) is 14.6. The first-order chi connectivity index (χ1) is 35.4. The van der Waals surface area contributed by atoms with Gasteiger partial charge in [-0.05, 0) is 153 Å². The minimum absolute atomic E-state index is 0.00360. The number of hydrogen-bond acceptors (Lipinski definition) is 12. The molecule has 2 aromatic carbocycles. The van der Waals surface area contributed by atoms with Gasteiger partial charge in [0, 0.05) is 60.1 Å². The van der Waals surface area contributed by atoms with Crippen LogP contribution >= 0.6 is 0 Å². The average molecular weight is 1040 g/mol. The Labute approximate surface area is 443 Å². The second-order valence-electron chi connectivity index (χ2n) is 22.4. The molecule has 0 saturated carbocycles. The number of benzene rings is 2. The predicted octanol–water partition coefficient (Wildman–Crippen LogP) is 10.6. The Balaban J connectivity index is 1.21. The molecule has 6 rings (SSSR count). The lowest BCUT2D eigenvalue weighted by atomic mass is 9.84. The highest BCUT2D eigenvalue weighted by atomic mass is 16.6. The Morgan fingerprint density at radius 3 is 1.59 bits per heavy atom. The summed E-state index contributed by atoms with van der Waals surface area (Å²) in [5.74, 6) is 0.189. The first-order valence-electron chi connectivity index (χ1n) is 26.8. The highest BCUT2D eigenvalue weighted by Gasteiger charge is 2.47. The highest BCUT2D eigenvalue weighted by Crippen LogP contribution is 2.49. The first kappa shape index (κ1) is 58.1. The van der Waals surface area contributed by atoms with Crippen LogP contribution in [-0.4, -0.2) is 98.8 Å². The van der Waals surface area contributed by atoms with Crippen LogP contribution in [0.5, 0.6) is 23.0 Å². The van der Waals surface area contributed by atoms with Gasteiger partial charge >= 0.3 is 12.2 Å². The number of ether oxygens (including phenoxy) is 5. The minimum Gasteiger partial charge on any atom is -0.484 e. The zero-order valence-corrected chi connectivity index (χ0v) is 46.4. The summed E-state index contributed by atoms with van der Waals surface area (Å²) < 4.78 is 30.8. The van der Waals surface area contributed by atoms with E-state index in [4.69, 9.17) is 23.7 Å². The average Bonchev–Trinajstić information content (AvgIpc) is 3.81. The zero-order chi connectivity index (χ0) is 54.9. The molecule has 4 amide bonds. The lowest BCUT2D eigenvalue weighted by Crippen LogP contribution is -2.49. The Kier molecular flexibility index (Phi) is 19.5. The molecular weight excluding hydrogens is 957 g/mol. The number of nitrogens with zero attached hydrogens (tertiary/aromatic N) is 2. The second-order valence-corrected chi connectivity index (χ2v) is 22.4. The molecule has 4 heterocycles. The smallest absolute Gasteiger partial charge is 0.412 e. The van der Waals surface area contributed by atoms with Crippen molar-refractivity contribution in [1.82, 2.24) is 20.4 Å². The fourth-order valence-corrected chi connectivity index (χ4v) is 10.2. The van der Waals surface area contributed by atoms with E-state index in [-0.39, 0.29) is 74.0 Å². The van der Waals surface area contributed by atoms with Crippen molar-refractivity contribution in [2.75, 3.05) is 6.54 Å². The molecule has 0 spiro atoms. The molecule has 4 aliphatic rings. The summed E-state index contributed by atoms with van der Waals surface area (Å²) in [6, 6.07) is 2.60. The third kappa shape index (κ3) is 14.4. The molecular formula is C59H82N4O12. The fourth-order valence-electron chi connectivity index (χ4n) is 10.2. The van der Waals surface area contributed by atoms with Crippen LogP contribution in [0.3, 0.4) is 0 Å². The SMILES string of the molecule is CC(C)=CCC/C(C)=C/CC[C@@]1(C)Oc2c(c(OC(=O)NC(C)C)cc3c2CN(CCCC(OC=O)N2Cc4c(cc(OC(=O)NC(C)C)c5c4O[C@](C)(CC/C=C(\C)CCC=C(C)C)[C@@H](O)C5)C2=O)C3=O)C[C@@H]1O. The van der Waals surface area contributed by atoms with Gasteiger partial charge in [0.1, 0.15) is 34.2 Å². The van der Waals surface area contributed by atoms with Gasteiger partial charge < -0.3 is 49.4 Å². The molecule has 1 unspecified atom stereocenters. The van der Waals surface area contributed by atoms with Crippen molar-refractivity contribution in [3.8, 4) is 23.0 Å². The number of aliphatic hydroxyl groups is 2. The van der Waals surface area contributed by atoms with Gasteiger partial charge in [0.2, 0.25) is 0 Å². The van der Waals surface area contributed by atoms with E-state index in [1.807, 2.05) is 13.8 Å². The summed E-state index contributed by atoms with van der Waals surface area (Å²) in [7, 11) is 0. The van der Waals surface area contributed by atoms with E-state index in [1.165, 1.54) is 33.3 Å². The number of carbonyl (C=O) groups excluding carboxylic acids is 5. The van der Waals surface area contributed by atoms with Crippen LogP contribution in [0.1, 0.15) is 190 Å². The number of fused-ring (bicyclic) bond motifs is 6. The first-order valence-corrected chi connectivity index (χ1v) is 26.8. The molecule has 0 fully saturated rings. The van der Waals surface area contributed by atoms with Gasteiger partial charge in [-0.2, -0.15) is 0 Å². The van der Waals surface area contributed by atoms with Gasteiger partial charge in [-0.1, -0.05) is 46.6 Å². The van der Waals surface area contributed by atoms with E-state index in [0.29, 0.717) is 77.9 Å². The van der Waals surface area contributed by atoms with Crippen molar-refractivity contribution in [2.24, 2.45) is 0 Å². The van der Waals surface area contributed by atoms with Crippen molar-refractivity contribution in [1.29, 1.82) is 0 Å². The number of hydrogen-bond donors (Lipinski definition) is 4. The Morgan fingerprint density at radius 1 is 0.693 bits per heavy atom. The summed E-state index contributed by atoms with van der Waals surface area (Å²) in [6.45, 7) is 24.1. The van der Waals surface area contributed by atoms with Gasteiger partial charge in [0.15, 0.2) is 6.23 Å². The van der Waals surface area contributed by atoms with Crippen LogP contribution in [0, 0.1) is 0 Å². The molecule has 16 heteroatoms. The molecule has 5 atom stereocenters. The van der Waals surface area contributed by atoms with E-state index in [2.05, 4.69) is 76.5 Å². The van der Waals surface area contributed by atoms with E-state index in [9.17, 15) is 34.2 Å². The number of amides is 4. The van der Waals surface area contributed by atoms with Gasteiger partial charge in [-0.3, -0.25) is 19.3 Å². The van der Waals surface area contributed by atoms with Gasteiger partial charge in [-0.25, -0.2) is 9.59 Å².